The Bertz CT molecular complexity index is 484. The monoisotopic (exact) mass is 288 g/mol. The van der Waals surface area contributed by atoms with Crippen LogP contribution in [0.3, 0.4) is 0 Å². The quantitative estimate of drug-likeness (QED) is 0.745. The van der Waals surface area contributed by atoms with Gasteiger partial charge >= 0.3 is 0 Å². The highest BCUT2D eigenvalue weighted by molar-refractivity contribution is 7.89. The van der Waals surface area contributed by atoms with Crippen LogP contribution < -0.4 is 10.5 Å². The van der Waals surface area contributed by atoms with Gasteiger partial charge in [0.2, 0.25) is 10.0 Å². The van der Waals surface area contributed by atoms with Gasteiger partial charge in [-0.15, -0.1) is 0 Å². The molecule has 0 saturated heterocycles. The van der Waals surface area contributed by atoms with Crippen LogP contribution in [-0.2, 0) is 16.6 Å². The largest absolute Gasteiger partial charge is 0.330 e. The predicted octanol–water partition coefficient (Wildman–Crippen LogP) is 0.945. The lowest BCUT2D eigenvalue weighted by Crippen LogP contribution is -2.36. The second-order valence-corrected chi connectivity index (χ2v) is 6.59. The summed E-state index contributed by atoms with van der Waals surface area (Å²) < 4.78 is 28.6. The summed E-state index contributed by atoms with van der Waals surface area (Å²) in [7, 11) is -3.48. The molecule has 6 nitrogen and oxygen atoms in total. The Morgan fingerprint density at radius 3 is 2.74 bits per heavy atom. The van der Waals surface area contributed by atoms with Gasteiger partial charge in [-0.25, -0.2) is 13.1 Å². The summed E-state index contributed by atoms with van der Waals surface area (Å²) >= 11 is 0. The Morgan fingerprint density at radius 1 is 1.47 bits per heavy atom. The van der Waals surface area contributed by atoms with Gasteiger partial charge in [0.25, 0.3) is 0 Å². The summed E-state index contributed by atoms with van der Waals surface area (Å²) in [5.74, 6) is 0.294. The van der Waals surface area contributed by atoms with E-state index >= 15 is 0 Å². The standard InChI is InChI=1S/C12H24N4O2S/c1-4-10(2)11(3)15-19(17,18)12-8-14-16(9-12)7-5-6-13/h8-11,15H,4-7,13H2,1-3H3. The lowest BCUT2D eigenvalue weighted by atomic mass is 10.0. The first kappa shape index (κ1) is 16.1. The molecule has 110 valence electrons. The van der Waals surface area contributed by atoms with Crippen LogP contribution in [0.2, 0.25) is 0 Å². The van der Waals surface area contributed by atoms with Gasteiger partial charge in [0, 0.05) is 18.8 Å². The highest BCUT2D eigenvalue weighted by Gasteiger charge is 2.21. The first-order valence-electron chi connectivity index (χ1n) is 6.65. The molecule has 3 N–H and O–H groups in total. The van der Waals surface area contributed by atoms with Gasteiger partial charge in [-0.1, -0.05) is 20.3 Å². The van der Waals surface area contributed by atoms with E-state index in [9.17, 15) is 8.42 Å². The van der Waals surface area contributed by atoms with Crippen molar-refractivity contribution in [2.75, 3.05) is 6.54 Å². The van der Waals surface area contributed by atoms with E-state index in [0.717, 1.165) is 12.8 Å². The maximum absolute atomic E-state index is 12.2. The van der Waals surface area contributed by atoms with Crippen LogP contribution in [0.15, 0.2) is 17.3 Å². The molecule has 0 aliphatic rings. The Hall–Kier alpha value is -0.920. The van der Waals surface area contributed by atoms with E-state index in [2.05, 4.69) is 9.82 Å². The highest BCUT2D eigenvalue weighted by Crippen LogP contribution is 2.12. The van der Waals surface area contributed by atoms with Crippen LogP contribution in [-0.4, -0.2) is 30.8 Å². The molecular weight excluding hydrogens is 264 g/mol. The van der Waals surface area contributed by atoms with Crippen molar-refractivity contribution < 1.29 is 8.42 Å². The molecule has 0 aliphatic carbocycles. The van der Waals surface area contributed by atoms with Gasteiger partial charge in [0.05, 0.1) is 6.20 Å². The number of aryl methyl sites for hydroxylation is 1. The third kappa shape index (κ3) is 4.59. The fourth-order valence-electron chi connectivity index (χ4n) is 1.64. The van der Waals surface area contributed by atoms with Crippen molar-refractivity contribution in [2.24, 2.45) is 11.7 Å². The molecule has 7 heteroatoms. The summed E-state index contributed by atoms with van der Waals surface area (Å²) in [5.41, 5.74) is 5.41. The van der Waals surface area contributed by atoms with E-state index in [1.54, 1.807) is 10.9 Å². The number of aromatic nitrogens is 2. The second-order valence-electron chi connectivity index (χ2n) is 4.88. The van der Waals surface area contributed by atoms with E-state index < -0.39 is 10.0 Å². The number of nitrogens with two attached hydrogens (primary N) is 1. The maximum atomic E-state index is 12.2. The Labute approximate surface area is 115 Å². The SMILES string of the molecule is CCC(C)C(C)NS(=O)(=O)c1cnn(CCCN)c1. The maximum Gasteiger partial charge on any atom is 0.243 e. The summed E-state index contributed by atoms with van der Waals surface area (Å²) in [5, 5.41) is 4.03. The number of hydrogen-bond acceptors (Lipinski definition) is 4. The second kappa shape index (κ2) is 7.02. The van der Waals surface area contributed by atoms with Gasteiger partial charge in [0.15, 0.2) is 0 Å². The molecule has 0 spiro atoms. The van der Waals surface area contributed by atoms with Crippen LogP contribution in [0.5, 0.6) is 0 Å². The molecule has 1 aromatic heterocycles. The molecule has 19 heavy (non-hydrogen) atoms. The summed E-state index contributed by atoms with van der Waals surface area (Å²) in [6.45, 7) is 7.14. The molecule has 1 heterocycles. The third-order valence-corrected chi connectivity index (χ3v) is 4.86. The molecule has 1 rings (SSSR count). The predicted molar refractivity (Wildman–Crippen MR) is 75.1 cm³/mol. The number of nitrogens with one attached hydrogen (secondary N) is 1. The molecule has 1 aromatic rings. The van der Waals surface area contributed by atoms with Crippen LogP contribution in [0.25, 0.3) is 0 Å². The molecule has 0 aromatic carbocycles. The molecule has 2 atom stereocenters. The van der Waals surface area contributed by atoms with Crippen molar-refractivity contribution in [3.8, 4) is 0 Å². The van der Waals surface area contributed by atoms with E-state index in [1.807, 2.05) is 20.8 Å². The van der Waals surface area contributed by atoms with Crippen molar-refractivity contribution in [1.29, 1.82) is 0 Å². The first-order valence-corrected chi connectivity index (χ1v) is 8.14. The van der Waals surface area contributed by atoms with Crippen LogP contribution in [0.1, 0.15) is 33.6 Å². The van der Waals surface area contributed by atoms with E-state index in [1.165, 1.54) is 6.20 Å². The first-order chi connectivity index (χ1) is 8.90. The normalized spacial score (nSPS) is 15.4. The van der Waals surface area contributed by atoms with E-state index in [4.69, 9.17) is 5.73 Å². The molecule has 0 aliphatic heterocycles. The van der Waals surface area contributed by atoms with E-state index in [-0.39, 0.29) is 10.9 Å². The summed E-state index contributed by atoms with van der Waals surface area (Å²) in [4.78, 5) is 0.208. The molecule has 0 fully saturated rings. The fourth-order valence-corrected chi connectivity index (χ4v) is 2.95. The van der Waals surface area contributed by atoms with E-state index in [0.29, 0.717) is 19.0 Å². The Kier molecular flexibility index (Phi) is 5.96. The van der Waals surface area contributed by atoms with Crippen LogP contribution in [0.4, 0.5) is 0 Å². The Morgan fingerprint density at radius 2 is 2.16 bits per heavy atom. The Balaban J connectivity index is 2.74. The van der Waals surface area contributed by atoms with Crippen molar-refractivity contribution in [3.05, 3.63) is 12.4 Å². The minimum atomic E-state index is -3.48. The zero-order valence-corrected chi connectivity index (χ0v) is 12.7. The molecular formula is C12H24N4O2S. The average Bonchev–Trinajstić information content (AvgIpc) is 2.84. The molecule has 0 amide bonds. The van der Waals surface area contributed by atoms with Gasteiger partial charge in [-0.05, 0) is 25.8 Å². The summed E-state index contributed by atoms with van der Waals surface area (Å²) in [6, 6.07) is -0.0950. The number of nitrogens with zero attached hydrogens (tertiary/aromatic N) is 2. The van der Waals surface area contributed by atoms with Crippen molar-refractivity contribution in [3.63, 3.8) is 0 Å². The van der Waals surface area contributed by atoms with Crippen molar-refractivity contribution in [2.45, 2.75) is 51.1 Å². The molecule has 2 unspecified atom stereocenters. The summed E-state index contributed by atoms with van der Waals surface area (Å²) in [6.07, 6.45) is 4.63. The fraction of sp³-hybridized carbons (Fsp3) is 0.750. The van der Waals surface area contributed by atoms with Crippen LogP contribution in [0, 0.1) is 5.92 Å². The van der Waals surface area contributed by atoms with Crippen molar-refractivity contribution >= 4 is 10.0 Å². The van der Waals surface area contributed by atoms with Gasteiger partial charge in [-0.2, -0.15) is 5.10 Å². The van der Waals surface area contributed by atoms with Crippen molar-refractivity contribution in [1.82, 2.24) is 14.5 Å². The topological polar surface area (TPSA) is 90.0 Å². The zero-order valence-electron chi connectivity index (χ0n) is 11.8. The lowest BCUT2D eigenvalue weighted by molar-refractivity contribution is 0.434. The number of rotatable bonds is 8. The average molecular weight is 288 g/mol. The number of hydrogen-bond donors (Lipinski definition) is 2. The molecule has 0 radical (unpaired) electrons. The lowest BCUT2D eigenvalue weighted by Gasteiger charge is -2.19. The molecule has 0 saturated carbocycles. The minimum absolute atomic E-state index is 0.0950. The van der Waals surface area contributed by atoms with Crippen LogP contribution >= 0.6 is 0 Å². The number of sulfonamides is 1. The van der Waals surface area contributed by atoms with Gasteiger partial charge in [0.1, 0.15) is 4.90 Å². The van der Waals surface area contributed by atoms with Gasteiger partial charge < -0.3 is 5.73 Å². The molecule has 0 bridgehead atoms. The highest BCUT2D eigenvalue weighted by atomic mass is 32.2. The smallest absolute Gasteiger partial charge is 0.243 e. The minimum Gasteiger partial charge on any atom is -0.330 e. The van der Waals surface area contributed by atoms with Gasteiger partial charge in [-0.3, -0.25) is 4.68 Å². The zero-order chi connectivity index (χ0) is 14.5. The third-order valence-electron chi connectivity index (χ3n) is 3.35.